The van der Waals surface area contributed by atoms with Crippen LogP contribution in [-0.4, -0.2) is 70.1 Å². The van der Waals surface area contributed by atoms with E-state index in [1.165, 1.54) is 6.20 Å². The van der Waals surface area contributed by atoms with E-state index in [0.717, 1.165) is 25.9 Å². The van der Waals surface area contributed by atoms with E-state index in [0.29, 0.717) is 42.3 Å². The highest BCUT2D eigenvalue weighted by Crippen LogP contribution is 2.27. The number of carbonyl (C=O) groups excluding carboxylic acids is 2. The number of alkyl halides is 3. The van der Waals surface area contributed by atoms with E-state index in [9.17, 15) is 22.8 Å². The van der Waals surface area contributed by atoms with Gasteiger partial charge in [0.15, 0.2) is 5.82 Å². The van der Waals surface area contributed by atoms with Gasteiger partial charge in [0.05, 0.1) is 0 Å². The number of aromatic amines is 1. The van der Waals surface area contributed by atoms with Crippen molar-refractivity contribution in [3.05, 3.63) is 30.2 Å². The summed E-state index contributed by atoms with van der Waals surface area (Å²) in [4.78, 5) is 40.1. The van der Waals surface area contributed by atoms with Crippen molar-refractivity contribution in [2.75, 3.05) is 31.1 Å². The fourth-order valence-electron chi connectivity index (χ4n) is 4.00. The molecule has 0 aromatic carbocycles. The second-order valence-corrected chi connectivity index (χ2v) is 7.72. The van der Waals surface area contributed by atoms with Crippen LogP contribution in [0.1, 0.15) is 37.6 Å². The van der Waals surface area contributed by atoms with Gasteiger partial charge < -0.3 is 20.1 Å². The molecular weight excluding hydrogens is 413 g/mol. The summed E-state index contributed by atoms with van der Waals surface area (Å²) < 4.78 is 37.3. The molecule has 2 aromatic heterocycles. The fraction of sp³-hybridized carbons (Fsp3) is 0.500. The molecule has 0 aliphatic carbocycles. The highest BCUT2D eigenvalue weighted by molar-refractivity contribution is 5.94. The van der Waals surface area contributed by atoms with Gasteiger partial charge in [-0.25, -0.2) is 9.97 Å². The zero-order valence-corrected chi connectivity index (χ0v) is 16.8. The zero-order valence-electron chi connectivity index (χ0n) is 16.8. The molecule has 31 heavy (non-hydrogen) atoms. The van der Waals surface area contributed by atoms with Crippen LogP contribution in [0, 0.1) is 0 Å². The molecule has 0 radical (unpaired) electrons. The molecule has 2 aliphatic rings. The Kier molecular flexibility index (Phi) is 5.84. The molecule has 2 aliphatic heterocycles. The molecule has 1 atom stereocenters. The minimum absolute atomic E-state index is 0. The van der Waals surface area contributed by atoms with Gasteiger partial charge in [0, 0.05) is 39.0 Å². The van der Waals surface area contributed by atoms with Crippen molar-refractivity contribution in [3.8, 4) is 11.4 Å². The molecule has 4 rings (SSSR count). The third kappa shape index (κ3) is 4.80. The second kappa shape index (κ2) is 8.56. The van der Waals surface area contributed by atoms with Crippen LogP contribution in [0.2, 0.25) is 0 Å². The smallest absolute Gasteiger partial charge is 0.356 e. The Morgan fingerprint density at radius 1 is 1.23 bits per heavy atom. The molecule has 0 unspecified atom stereocenters. The predicted molar refractivity (Wildman–Crippen MR) is 109 cm³/mol. The van der Waals surface area contributed by atoms with E-state index in [2.05, 4.69) is 15.0 Å². The second-order valence-electron chi connectivity index (χ2n) is 7.72. The van der Waals surface area contributed by atoms with Crippen molar-refractivity contribution in [1.82, 2.24) is 25.2 Å². The van der Waals surface area contributed by atoms with Crippen LogP contribution >= 0.6 is 0 Å². The monoisotopic (exact) mass is 438 g/mol. The average molecular weight is 438 g/mol. The summed E-state index contributed by atoms with van der Waals surface area (Å²) in [5, 5.41) is 1.96. The lowest BCUT2D eigenvalue weighted by Crippen LogP contribution is -2.46. The first-order valence-electron chi connectivity index (χ1n) is 10.2. The van der Waals surface area contributed by atoms with Gasteiger partial charge in [0.1, 0.15) is 24.1 Å². The molecule has 11 heteroatoms. The molecule has 0 bridgehead atoms. The molecule has 2 aromatic rings. The van der Waals surface area contributed by atoms with E-state index in [1.54, 1.807) is 28.1 Å². The summed E-state index contributed by atoms with van der Waals surface area (Å²) in [6.45, 7) is 0.632. The van der Waals surface area contributed by atoms with Gasteiger partial charge in [0.25, 0.3) is 5.91 Å². The molecule has 2 N–H and O–H groups in total. The Labute approximate surface area is 178 Å². The van der Waals surface area contributed by atoms with Crippen molar-refractivity contribution in [2.45, 2.75) is 37.9 Å². The van der Waals surface area contributed by atoms with Crippen molar-refractivity contribution < 1.29 is 24.2 Å². The number of likely N-dealkylation sites (tertiary alicyclic amines) is 1. The van der Waals surface area contributed by atoms with Crippen molar-refractivity contribution in [2.24, 2.45) is 0 Å². The van der Waals surface area contributed by atoms with Gasteiger partial charge in [-0.3, -0.25) is 9.59 Å². The van der Waals surface area contributed by atoms with Crippen LogP contribution < -0.4 is 10.2 Å². The molecule has 0 saturated carbocycles. The Morgan fingerprint density at radius 2 is 2.00 bits per heavy atom. The van der Waals surface area contributed by atoms with Gasteiger partial charge in [-0.15, -0.1) is 0 Å². The number of amides is 2. The third-order valence-electron chi connectivity index (χ3n) is 5.52. The minimum Gasteiger partial charge on any atom is -0.356 e. The highest BCUT2D eigenvalue weighted by Gasteiger charge is 2.35. The van der Waals surface area contributed by atoms with Crippen LogP contribution in [0.3, 0.4) is 0 Å². The first-order valence-corrected chi connectivity index (χ1v) is 10.2. The first-order chi connectivity index (χ1) is 14.8. The number of rotatable bonds is 5. The summed E-state index contributed by atoms with van der Waals surface area (Å²) in [5.41, 5.74) is 1.08. The highest BCUT2D eigenvalue weighted by atomic mass is 19.4. The number of hydrogen-bond donors (Lipinski definition) is 2. The SMILES string of the molecule is O=C(NCC(F)(F)F)[C@H]1CCCN1c1ccnc(-c2c[nH]c(C(=O)N3CCCC3)c2)n1.[HH]. The van der Waals surface area contributed by atoms with Crippen LogP contribution in [0.4, 0.5) is 19.0 Å². The van der Waals surface area contributed by atoms with E-state index in [4.69, 9.17) is 0 Å². The zero-order chi connectivity index (χ0) is 22.0. The number of hydrogen-bond acceptors (Lipinski definition) is 5. The van der Waals surface area contributed by atoms with Gasteiger partial charge in [-0.05, 0) is 37.8 Å². The molecule has 0 spiro atoms. The Bertz CT molecular complexity index is 961. The van der Waals surface area contributed by atoms with Gasteiger partial charge in [0.2, 0.25) is 5.91 Å². The van der Waals surface area contributed by atoms with Crippen LogP contribution in [0.25, 0.3) is 11.4 Å². The lowest BCUT2D eigenvalue weighted by Gasteiger charge is -2.25. The van der Waals surface area contributed by atoms with E-state index in [1.807, 2.05) is 5.32 Å². The lowest BCUT2D eigenvalue weighted by molar-refractivity contribution is -0.139. The topological polar surface area (TPSA) is 94.2 Å². The summed E-state index contributed by atoms with van der Waals surface area (Å²) >= 11 is 0. The van der Waals surface area contributed by atoms with Crippen LogP contribution in [-0.2, 0) is 4.79 Å². The largest absolute Gasteiger partial charge is 0.405 e. The van der Waals surface area contributed by atoms with Gasteiger partial charge >= 0.3 is 6.18 Å². The van der Waals surface area contributed by atoms with Crippen molar-refractivity contribution in [3.63, 3.8) is 0 Å². The normalized spacial score (nSPS) is 19.1. The number of aromatic nitrogens is 3. The Balaban J connectivity index is 0.00000289. The standard InChI is InChI=1S/C20H23F3N6O2.H2/c21-20(22,23)12-26-18(30)15-4-3-9-29(15)16-5-6-24-17(27-16)13-10-14(25-11-13)19(31)28-7-1-2-8-28;/h5-6,10-11,15,25H,1-4,7-9,12H2,(H,26,30);1H/t15-;/m1./s1. The quantitative estimate of drug-likeness (QED) is 0.749. The first kappa shape index (κ1) is 21.1. The van der Waals surface area contributed by atoms with Crippen molar-refractivity contribution >= 4 is 17.6 Å². The third-order valence-corrected chi connectivity index (χ3v) is 5.52. The summed E-state index contributed by atoms with van der Waals surface area (Å²) in [5.74, 6) is 0.0924. The number of anilines is 1. The predicted octanol–water partition coefficient (Wildman–Crippen LogP) is 2.60. The minimum atomic E-state index is -4.46. The Hall–Kier alpha value is -3.11. The molecule has 168 valence electrons. The molecule has 4 heterocycles. The van der Waals surface area contributed by atoms with E-state index >= 15 is 0 Å². The Morgan fingerprint density at radius 3 is 2.74 bits per heavy atom. The van der Waals surface area contributed by atoms with Crippen LogP contribution in [0.15, 0.2) is 24.5 Å². The van der Waals surface area contributed by atoms with Gasteiger partial charge in [-0.1, -0.05) is 0 Å². The maximum absolute atomic E-state index is 12.5. The summed E-state index contributed by atoms with van der Waals surface area (Å²) in [6.07, 6.45) is 1.84. The molecule has 2 amide bonds. The van der Waals surface area contributed by atoms with E-state index in [-0.39, 0.29) is 7.33 Å². The molecule has 2 saturated heterocycles. The average Bonchev–Trinajstić information content (AvgIpc) is 3.52. The van der Waals surface area contributed by atoms with Gasteiger partial charge in [-0.2, -0.15) is 13.2 Å². The summed E-state index contributed by atoms with van der Waals surface area (Å²) in [6, 6.07) is 2.60. The lowest BCUT2D eigenvalue weighted by atomic mass is 10.2. The molecular formula is C20H25F3N6O2. The number of carbonyl (C=O) groups is 2. The number of nitrogens with zero attached hydrogens (tertiary/aromatic N) is 4. The maximum atomic E-state index is 12.5. The van der Waals surface area contributed by atoms with Crippen LogP contribution in [0.5, 0.6) is 0 Å². The number of halogens is 3. The summed E-state index contributed by atoms with van der Waals surface area (Å²) in [7, 11) is 0. The number of nitrogens with one attached hydrogen (secondary N) is 2. The number of H-pyrrole nitrogens is 1. The molecule has 8 nitrogen and oxygen atoms in total. The van der Waals surface area contributed by atoms with Crippen molar-refractivity contribution in [1.29, 1.82) is 0 Å². The maximum Gasteiger partial charge on any atom is 0.405 e. The van der Waals surface area contributed by atoms with E-state index < -0.39 is 24.7 Å². The fourth-order valence-corrected chi connectivity index (χ4v) is 4.00. The molecule has 2 fully saturated rings.